The zero-order chi connectivity index (χ0) is 20.3. The molecule has 150 valence electrons. The first-order valence-electron chi connectivity index (χ1n) is 10.7. The third-order valence-corrected chi connectivity index (χ3v) is 6.12. The van der Waals surface area contributed by atoms with Gasteiger partial charge in [-0.1, -0.05) is 72.9 Å². The average Bonchev–Trinajstić information content (AvgIpc) is 3.45. The molecule has 1 fully saturated rings. The molecule has 3 heteroatoms. The normalized spacial score (nSPS) is 25.3. The zero-order valence-electron chi connectivity index (χ0n) is 17.0. The average molecular weight is 395 g/mol. The van der Waals surface area contributed by atoms with Crippen LogP contribution in [0.25, 0.3) is 0 Å². The van der Waals surface area contributed by atoms with Crippen LogP contribution in [-0.4, -0.2) is 17.9 Å². The van der Waals surface area contributed by atoms with E-state index in [1.165, 1.54) is 22.5 Å². The summed E-state index contributed by atoms with van der Waals surface area (Å²) in [5, 5.41) is 7.03. The monoisotopic (exact) mass is 394 g/mol. The van der Waals surface area contributed by atoms with Crippen molar-refractivity contribution in [3.63, 3.8) is 0 Å². The third-order valence-electron chi connectivity index (χ3n) is 6.12. The molecule has 1 saturated carbocycles. The van der Waals surface area contributed by atoms with Gasteiger partial charge in [-0.25, -0.2) is 0 Å². The second-order valence-corrected chi connectivity index (χ2v) is 8.21. The molecule has 2 heterocycles. The molecule has 3 aliphatic rings. The fourth-order valence-electron chi connectivity index (χ4n) is 4.52. The number of hydrogen-bond acceptors (Lipinski definition) is 3. The lowest BCUT2D eigenvalue weighted by molar-refractivity contribution is -0.111. The van der Waals surface area contributed by atoms with Crippen LogP contribution in [0.5, 0.6) is 0 Å². The van der Waals surface area contributed by atoms with Gasteiger partial charge in [0.05, 0.1) is 0 Å². The molecule has 2 aromatic rings. The number of Topliss-reactive ketones (excluding diaryl/α,β-unsaturated/α-hetero) is 1. The van der Waals surface area contributed by atoms with E-state index in [0.717, 1.165) is 36.8 Å². The third kappa shape index (κ3) is 3.88. The molecule has 0 saturated heterocycles. The first-order valence-corrected chi connectivity index (χ1v) is 10.7. The van der Waals surface area contributed by atoms with Crippen LogP contribution >= 0.6 is 0 Å². The van der Waals surface area contributed by atoms with Gasteiger partial charge in [0.2, 0.25) is 0 Å². The molecule has 2 N–H and O–H groups in total. The van der Waals surface area contributed by atoms with Crippen LogP contribution in [0.1, 0.15) is 24.0 Å². The highest BCUT2D eigenvalue weighted by atomic mass is 16.1. The number of nitrogens with one attached hydrogen (secondary N) is 2. The standard InChI is InChI=1S/C27H26N2O/c30-27-19(9-5-11-23-17-21-7-1-3-13-25(21)28-23)15-16-20(27)10-6-12-24-18-22-8-2-4-14-26(22)29-24/h1-14,23-24,28-29H,15-18H2/b11-5+,12-6+,19-9-,20-10+. The van der Waals surface area contributed by atoms with E-state index >= 15 is 0 Å². The summed E-state index contributed by atoms with van der Waals surface area (Å²) < 4.78 is 0. The SMILES string of the molecule is O=C1/C(=C\C=C\C2Cc3ccccc3N2)CC/C1=C\C=C\C1Cc2ccccc2N1. The molecule has 1 aliphatic carbocycles. The van der Waals surface area contributed by atoms with Gasteiger partial charge >= 0.3 is 0 Å². The van der Waals surface area contributed by atoms with E-state index in [9.17, 15) is 4.79 Å². The number of anilines is 2. The maximum absolute atomic E-state index is 12.7. The van der Waals surface area contributed by atoms with Crippen LogP contribution in [0.2, 0.25) is 0 Å². The predicted molar refractivity (Wildman–Crippen MR) is 124 cm³/mol. The Kier molecular flexibility index (Phi) is 5.10. The lowest BCUT2D eigenvalue weighted by atomic mass is 10.1. The Morgan fingerprint density at radius 3 is 1.63 bits per heavy atom. The predicted octanol–water partition coefficient (Wildman–Crippen LogP) is 5.39. The van der Waals surface area contributed by atoms with Gasteiger partial charge in [0, 0.05) is 34.6 Å². The van der Waals surface area contributed by atoms with Crippen LogP contribution in [0.3, 0.4) is 0 Å². The number of ketones is 1. The summed E-state index contributed by atoms with van der Waals surface area (Å²) in [6, 6.07) is 17.4. The fourth-order valence-corrected chi connectivity index (χ4v) is 4.52. The van der Waals surface area contributed by atoms with Crippen LogP contribution in [0, 0.1) is 0 Å². The van der Waals surface area contributed by atoms with Crippen LogP contribution in [0.4, 0.5) is 11.4 Å². The van der Waals surface area contributed by atoms with Gasteiger partial charge in [0.25, 0.3) is 0 Å². The largest absolute Gasteiger partial charge is 0.378 e. The molecule has 5 rings (SSSR count). The minimum atomic E-state index is 0.189. The number of carbonyl (C=O) groups excluding carboxylic acids is 1. The van der Waals surface area contributed by atoms with E-state index in [4.69, 9.17) is 0 Å². The number of carbonyl (C=O) groups is 1. The summed E-state index contributed by atoms with van der Waals surface area (Å²) in [5.41, 5.74) is 6.96. The van der Waals surface area contributed by atoms with Gasteiger partial charge in [-0.3, -0.25) is 4.79 Å². The smallest absolute Gasteiger partial charge is 0.185 e. The Morgan fingerprint density at radius 1 is 0.700 bits per heavy atom. The second-order valence-electron chi connectivity index (χ2n) is 8.21. The number of para-hydroxylation sites is 2. The topological polar surface area (TPSA) is 41.1 Å². The minimum Gasteiger partial charge on any atom is -0.378 e. The van der Waals surface area contributed by atoms with Crippen molar-refractivity contribution in [1.29, 1.82) is 0 Å². The molecule has 2 unspecified atom stereocenters. The van der Waals surface area contributed by atoms with Crippen molar-refractivity contribution >= 4 is 17.2 Å². The maximum Gasteiger partial charge on any atom is 0.185 e. The minimum absolute atomic E-state index is 0.189. The lowest BCUT2D eigenvalue weighted by Gasteiger charge is -2.04. The Morgan fingerprint density at radius 2 is 1.17 bits per heavy atom. The second kappa shape index (κ2) is 8.19. The molecule has 2 aliphatic heterocycles. The van der Waals surface area contributed by atoms with Crippen LogP contribution in [0.15, 0.2) is 96.1 Å². The molecule has 30 heavy (non-hydrogen) atoms. The van der Waals surface area contributed by atoms with Crippen molar-refractivity contribution < 1.29 is 4.79 Å². The number of rotatable bonds is 4. The highest BCUT2D eigenvalue weighted by molar-refractivity contribution is 6.11. The first-order chi connectivity index (χ1) is 14.8. The Bertz CT molecular complexity index is 954. The van der Waals surface area contributed by atoms with Gasteiger partial charge in [-0.15, -0.1) is 0 Å². The number of benzene rings is 2. The van der Waals surface area contributed by atoms with E-state index < -0.39 is 0 Å². The van der Waals surface area contributed by atoms with Crippen molar-refractivity contribution in [2.24, 2.45) is 0 Å². The molecule has 0 bridgehead atoms. The zero-order valence-corrected chi connectivity index (χ0v) is 17.0. The van der Waals surface area contributed by atoms with E-state index in [0.29, 0.717) is 12.1 Å². The number of hydrogen-bond donors (Lipinski definition) is 2. The summed E-state index contributed by atoms with van der Waals surface area (Å²) in [7, 11) is 0. The summed E-state index contributed by atoms with van der Waals surface area (Å²) in [5.74, 6) is 0.189. The summed E-state index contributed by atoms with van der Waals surface area (Å²) in [6.07, 6.45) is 16.0. The van der Waals surface area contributed by atoms with E-state index in [-0.39, 0.29) is 5.78 Å². The summed E-state index contributed by atoms with van der Waals surface area (Å²) in [4.78, 5) is 12.7. The van der Waals surface area contributed by atoms with Crippen molar-refractivity contribution in [2.45, 2.75) is 37.8 Å². The van der Waals surface area contributed by atoms with Gasteiger partial charge in [-0.05, 0) is 48.9 Å². The molecule has 0 amide bonds. The highest BCUT2D eigenvalue weighted by Crippen LogP contribution is 2.28. The molecule has 0 spiro atoms. The van der Waals surface area contributed by atoms with Crippen LogP contribution in [-0.2, 0) is 17.6 Å². The first kappa shape index (κ1) is 18.7. The van der Waals surface area contributed by atoms with Crippen molar-refractivity contribution in [1.82, 2.24) is 0 Å². The van der Waals surface area contributed by atoms with E-state index in [1.54, 1.807) is 0 Å². The Labute approximate surface area is 177 Å². The van der Waals surface area contributed by atoms with Gasteiger partial charge in [0.1, 0.15) is 0 Å². The molecule has 0 aromatic heterocycles. The maximum atomic E-state index is 12.7. The van der Waals surface area contributed by atoms with Crippen LogP contribution < -0.4 is 10.6 Å². The van der Waals surface area contributed by atoms with Crippen molar-refractivity contribution in [3.05, 3.63) is 107 Å². The Balaban J connectivity index is 1.16. The number of allylic oxidation sites excluding steroid dienone is 6. The van der Waals surface area contributed by atoms with Gasteiger partial charge in [0.15, 0.2) is 5.78 Å². The molecule has 0 radical (unpaired) electrons. The molecular formula is C27H26N2O. The molecule has 2 atom stereocenters. The molecule has 3 nitrogen and oxygen atoms in total. The van der Waals surface area contributed by atoms with E-state index in [1.807, 2.05) is 24.3 Å². The van der Waals surface area contributed by atoms with Gasteiger partial charge < -0.3 is 10.6 Å². The highest BCUT2D eigenvalue weighted by Gasteiger charge is 2.22. The Hall–Kier alpha value is -3.33. The molecular weight excluding hydrogens is 368 g/mol. The van der Waals surface area contributed by atoms with Gasteiger partial charge in [-0.2, -0.15) is 0 Å². The fraction of sp³-hybridized carbons (Fsp3) is 0.222. The summed E-state index contributed by atoms with van der Waals surface area (Å²) >= 11 is 0. The quantitative estimate of drug-likeness (QED) is 0.683. The summed E-state index contributed by atoms with van der Waals surface area (Å²) in [6.45, 7) is 0. The molecule has 2 aromatic carbocycles. The van der Waals surface area contributed by atoms with Crippen molar-refractivity contribution in [3.8, 4) is 0 Å². The van der Waals surface area contributed by atoms with Crippen molar-refractivity contribution in [2.75, 3.05) is 10.6 Å². The number of fused-ring (bicyclic) bond motifs is 2. The lowest BCUT2D eigenvalue weighted by Crippen LogP contribution is -2.11. The van der Waals surface area contributed by atoms with E-state index in [2.05, 4.69) is 71.3 Å².